The van der Waals surface area contributed by atoms with Crippen molar-refractivity contribution in [2.75, 3.05) is 13.2 Å². The largest absolute Gasteiger partial charge is 0.392 e. The van der Waals surface area contributed by atoms with Gasteiger partial charge in [-0.15, -0.1) is 0 Å². The fourth-order valence-electron chi connectivity index (χ4n) is 6.27. The Labute approximate surface area is 140 Å². The number of hydrogen-bond acceptors (Lipinski definition) is 3. The van der Waals surface area contributed by atoms with E-state index in [1.54, 1.807) is 0 Å². The Morgan fingerprint density at radius 3 is 2.57 bits per heavy atom. The molecule has 5 unspecified atom stereocenters. The minimum Gasteiger partial charge on any atom is -0.392 e. The minimum absolute atomic E-state index is 0.0208. The molecule has 0 aromatic heterocycles. The third-order valence-electron chi connectivity index (χ3n) is 7.99. The van der Waals surface area contributed by atoms with E-state index in [9.17, 15) is 15.0 Å². The predicted octanol–water partition coefficient (Wildman–Crippen LogP) is 3.49. The summed E-state index contributed by atoms with van der Waals surface area (Å²) in [6.45, 7) is 6.71. The molecule has 3 aliphatic carbocycles. The normalized spacial score (nSPS) is 46.6. The lowest BCUT2D eigenvalue weighted by Crippen LogP contribution is -2.55. The van der Waals surface area contributed by atoms with Crippen LogP contribution >= 0.6 is 0 Å². The van der Waals surface area contributed by atoms with E-state index >= 15 is 0 Å². The SMILES string of the molecule is CC1(C(=O)CO)CCC2(C)C(CCC3(C)C(CO)=CCCC32)C1. The molecule has 0 radical (unpaired) electrons. The zero-order valence-corrected chi connectivity index (χ0v) is 14.9. The summed E-state index contributed by atoms with van der Waals surface area (Å²) in [4.78, 5) is 12.2. The Morgan fingerprint density at radius 1 is 1.17 bits per heavy atom. The Balaban J connectivity index is 1.90. The third-order valence-corrected chi connectivity index (χ3v) is 7.99. The standard InChI is InChI=1S/C20H32O3/c1-18(17(23)13-22)9-10-20(3)14(11-18)7-8-19(2)15(12-21)5-4-6-16(19)20/h5,14,16,21-22H,4,6-13H2,1-3H3. The third kappa shape index (κ3) is 2.42. The quantitative estimate of drug-likeness (QED) is 0.783. The van der Waals surface area contributed by atoms with Gasteiger partial charge in [-0.2, -0.15) is 0 Å². The van der Waals surface area contributed by atoms with Gasteiger partial charge >= 0.3 is 0 Å². The van der Waals surface area contributed by atoms with Gasteiger partial charge in [-0.05, 0) is 73.2 Å². The molecule has 0 bridgehead atoms. The smallest absolute Gasteiger partial charge is 0.164 e. The molecular weight excluding hydrogens is 288 g/mol. The molecule has 23 heavy (non-hydrogen) atoms. The van der Waals surface area contributed by atoms with Gasteiger partial charge in [0, 0.05) is 5.41 Å². The second-order valence-corrected chi connectivity index (χ2v) is 9.02. The number of rotatable bonds is 3. The molecule has 0 amide bonds. The molecule has 3 heteroatoms. The zero-order valence-electron chi connectivity index (χ0n) is 14.9. The molecule has 5 atom stereocenters. The van der Waals surface area contributed by atoms with Crippen molar-refractivity contribution in [1.82, 2.24) is 0 Å². The molecule has 0 spiro atoms. The first kappa shape index (κ1) is 17.2. The highest BCUT2D eigenvalue weighted by molar-refractivity contribution is 5.85. The molecule has 0 aliphatic heterocycles. The number of carbonyl (C=O) groups excluding carboxylic acids is 1. The molecule has 3 aliphatic rings. The van der Waals surface area contributed by atoms with Gasteiger partial charge in [0.1, 0.15) is 6.61 Å². The lowest BCUT2D eigenvalue weighted by molar-refractivity contribution is -0.144. The van der Waals surface area contributed by atoms with Crippen molar-refractivity contribution in [2.45, 2.75) is 65.7 Å². The number of aliphatic hydroxyl groups excluding tert-OH is 2. The highest BCUT2D eigenvalue weighted by atomic mass is 16.3. The first-order valence-corrected chi connectivity index (χ1v) is 9.25. The van der Waals surface area contributed by atoms with Crippen LogP contribution in [-0.4, -0.2) is 29.2 Å². The van der Waals surface area contributed by atoms with Crippen molar-refractivity contribution in [3.8, 4) is 0 Å². The van der Waals surface area contributed by atoms with Crippen molar-refractivity contribution >= 4 is 5.78 Å². The Morgan fingerprint density at radius 2 is 1.91 bits per heavy atom. The summed E-state index contributed by atoms with van der Waals surface area (Å²) < 4.78 is 0. The molecule has 0 saturated heterocycles. The number of allylic oxidation sites excluding steroid dienone is 1. The molecule has 0 aromatic carbocycles. The van der Waals surface area contributed by atoms with E-state index in [0.717, 1.165) is 38.5 Å². The molecule has 0 heterocycles. The van der Waals surface area contributed by atoms with Crippen LogP contribution in [0.2, 0.25) is 0 Å². The van der Waals surface area contributed by atoms with E-state index in [-0.39, 0.29) is 35.2 Å². The molecule has 3 nitrogen and oxygen atoms in total. The minimum atomic E-state index is -0.336. The molecule has 130 valence electrons. The van der Waals surface area contributed by atoms with Crippen LogP contribution in [0, 0.1) is 28.1 Å². The van der Waals surface area contributed by atoms with Crippen LogP contribution in [0.1, 0.15) is 65.7 Å². The van der Waals surface area contributed by atoms with E-state index in [0.29, 0.717) is 11.8 Å². The fourth-order valence-corrected chi connectivity index (χ4v) is 6.27. The maximum Gasteiger partial charge on any atom is 0.164 e. The number of carbonyl (C=O) groups is 1. The van der Waals surface area contributed by atoms with Crippen molar-refractivity contribution in [1.29, 1.82) is 0 Å². The van der Waals surface area contributed by atoms with E-state index in [1.165, 1.54) is 12.0 Å². The zero-order chi connectivity index (χ0) is 16.9. The average Bonchev–Trinajstić information content (AvgIpc) is 2.54. The van der Waals surface area contributed by atoms with Crippen molar-refractivity contribution in [2.24, 2.45) is 28.1 Å². The fraction of sp³-hybridized carbons (Fsp3) is 0.850. The summed E-state index contributed by atoms with van der Waals surface area (Å²) in [6.07, 6.45) is 9.69. The van der Waals surface area contributed by atoms with Gasteiger partial charge in [-0.1, -0.05) is 26.8 Å². The van der Waals surface area contributed by atoms with Crippen LogP contribution in [-0.2, 0) is 4.79 Å². The van der Waals surface area contributed by atoms with Crippen molar-refractivity contribution in [3.05, 3.63) is 11.6 Å². The number of hydrogen-bond donors (Lipinski definition) is 2. The molecule has 2 N–H and O–H groups in total. The summed E-state index contributed by atoms with van der Waals surface area (Å²) in [5.74, 6) is 1.19. The first-order chi connectivity index (χ1) is 10.8. The number of fused-ring (bicyclic) bond motifs is 3. The molecule has 3 rings (SSSR count). The topological polar surface area (TPSA) is 57.5 Å². The van der Waals surface area contributed by atoms with Crippen molar-refractivity contribution in [3.63, 3.8) is 0 Å². The summed E-state index contributed by atoms with van der Waals surface area (Å²) in [6, 6.07) is 0. The van der Waals surface area contributed by atoms with Crippen LogP contribution in [0.25, 0.3) is 0 Å². The van der Waals surface area contributed by atoms with Crippen LogP contribution < -0.4 is 0 Å². The van der Waals surface area contributed by atoms with Gasteiger partial charge in [-0.25, -0.2) is 0 Å². The molecular formula is C20H32O3. The second kappa shape index (κ2) is 5.70. The van der Waals surface area contributed by atoms with Crippen LogP contribution in [0.4, 0.5) is 0 Å². The number of aliphatic hydroxyl groups is 2. The molecule has 0 aromatic rings. The van der Waals surface area contributed by atoms with Gasteiger partial charge < -0.3 is 10.2 Å². The molecule has 2 fully saturated rings. The first-order valence-electron chi connectivity index (χ1n) is 9.25. The maximum absolute atomic E-state index is 12.2. The van der Waals surface area contributed by atoms with E-state index in [4.69, 9.17) is 0 Å². The number of Topliss-reactive ketones (excluding diaryl/α,β-unsaturated/α-hetero) is 1. The highest BCUT2D eigenvalue weighted by Gasteiger charge is 2.58. The Hall–Kier alpha value is -0.670. The van der Waals surface area contributed by atoms with Gasteiger partial charge in [0.05, 0.1) is 6.61 Å². The Kier molecular flexibility index (Phi) is 4.25. The van der Waals surface area contributed by atoms with Gasteiger partial charge in [0.15, 0.2) is 5.78 Å². The second-order valence-electron chi connectivity index (χ2n) is 9.02. The summed E-state index contributed by atoms with van der Waals surface area (Å²) >= 11 is 0. The van der Waals surface area contributed by atoms with E-state index < -0.39 is 0 Å². The highest BCUT2D eigenvalue weighted by Crippen LogP contribution is 2.66. The predicted molar refractivity (Wildman–Crippen MR) is 90.9 cm³/mol. The maximum atomic E-state index is 12.2. The monoisotopic (exact) mass is 320 g/mol. The van der Waals surface area contributed by atoms with Crippen LogP contribution in [0.15, 0.2) is 11.6 Å². The van der Waals surface area contributed by atoms with Crippen molar-refractivity contribution < 1.29 is 15.0 Å². The van der Waals surface area contributed by atoms with E-state index in [1.807, 2.05) is 0 Å². The lowest BCUT2D eigenvalue weighted by atomic mass is 9.42. The number of ketones is 1. The summed E-state index contributed by atoms with van der Waals surface area (Å²) in [7, 11) is 0. The van der Waals surface area contributed by atoms with Crippen LogP contribution in [0.5, 0.6) is 0 Å². The van der Waals surface area contributed by atoms with Gasteiger partial charge in [0.2, 0.25) is 0 Å². The lowest BCUT2D eigenvalue weighted by Gasteiger charge is -2.62. The van der Waals surface area contributed by atoms with Gasteiger partial charge in [0.25, 0.3) is 0 Å². The van der Waals surface area contributed by atoms with E-state index in [2.05, 4.69) is 26.8 Å². The van der Waals surface area contributed by atoms with Gasteiger partial charge in [-0.3, -0.25) is 4.79 Å². The average molecular weight is 320 g/mol. The summed E-state index contributed by atoms with van der Waals surface area (Å²) in [5, 5.41) is 19.1. The summed E-state index contributed by atoms with van der Waals surface area (Å²) in [5.41, 5.74) is 1.30. The molecule has 2 saturated carbocycles. The Bertz CT molecular complexity index is 525. The van der Waals surface area contributed by atoms with Crippen LogP contribution in [0.3, 0.4) is 0 Å².